The third kappa shape index (κ3) is 5.57. The van der Waals surface area contributed by atoms with E-state index in [-0.39, 0.29) is 18.0 Å². The molecule has 0 aromatic rings. The van der Waals surface area contributed by atoms with Gasteiger partial charge in [0.25, 0.3) is 0 Å². The Labute approximate surface area is 115 Å². The fourth-order valence-corrected chi connectivity index (χ4v) is 2.02. The highest BCUT2D eigenvalue weighted by atomic mass is 16.5. The second kappa shape index (κ2) is 8.88. The molecule has 4 heteroatoms. The highest BCUT2D eigenvalue weighted by Gasteiger charge is 2.34. The molecule has 1 aliphatic heterocycles. The summed E-state index contributed by atoms with van der Waals surface area (Å²) in [6.07, 6.45) is 7.20. The standard InChI is InChI=1S/C15H24O4/c1-3-5-7-13-15(17)12(11-19-13)8-9-14(16)18-10-6-4-2/h3,5,7,12-13,15,17H,1,4,6,8-11H2,2H3. The summed E-state index contributed by atoms with van der Waals surface area (Å²) in [4.78, 5) is 11.5. The van der Waals surface area contributed by atoms with E-state index >= 15 is 0 Å². The summed E-state index contributed by atoms with van der Waals surface area (Å²) in [6.45, 7) is 6.60. The molecule has 0 amide bonds. The van der Waals surface area contributed by atoms with Crippen molar-refractivity contribution in [2.45, 2.75) is 44.8 Å². The lowest BCUT2D eigenvalue weighted by atomic mass is 9.96. The van der Waals surface area contributed by atoms with Crippen LogP contribution < -0.4 is 0 Å². The Hall–Kier alpha value is -1.13. The summed E-state index contributed by atoms with van der Waals surface area (Å²) in [5.41, 5.74) is 0. The Morgan fingerprint density at radius 3 is 3.05 bits per heavy atom. The van der Waals surface area contributed by atoms with Gasteiger partial charge in [0.05, 0.1) is 19.3 Å². The molecular weight excluding hydrogens is 244 g/mol. The zero-order valence-corrected chi connectivity index (χ0v) is 11.6. The van der Waals surface area contributed by atoms with E-state index in [1.165, 1.54) is 0 Å². The van der Waals surface area contributed by atoms with Crippen LogP contribution in [-0.2, 0) is 14.3 Å². The molecule has 1 aliphatic rings. The fraction of sp³-hybridized carbons (Fsp3) is 0.667. The topological polar surface area (TPSA) is 55.8 Å². The lowest BCUT2D eigenvalue weighted by Crippen LogP contribution is -2.25. The highest BCUT2D eigenvalue weighted by molar-refractivity contribution is 5.69. The van der Waals surface area contributed by atoms with E-state index in [0.29, 0.717) is 26.1 Å². The predicted molar refractivity (Wildman–Crippen MR) is 73.7 cm³/mol. The molecular formula is C15H24O4. The summed E-state index contributed by atoms with van der Waals surface area (Å²) in [7, 11) is 0. The van der Waals surface area contributed by atoms with Gasteiger partial charge >= 0.3 is 5.97 Å². The molecule has 3 atom stereocenters. The molecule has 1 rings (SSSR count). The fourth-order valence-electron chi connectivity index (χ4n) is 2.02. The number of allylic oxidation sites excluding steroid dienone is 2. The number of rotatable bonds is 8. The van der Waals surface area contributed by atoms with E-state index in [0.717, 1.165) is 12.8 Å². The zero-order chi connectivity index (χ0) is 14.1. The molecule has 1 fully saturated rings. The van der Waals surface area contributed by atoms with Crippen LogP contribution in [0.25, 0.3) is 0 Å². The first-order chi connectivity index (χ1) is 9.19. The van der Waals surface area contributed by atoms with Gasteiger partial charge in [0.15, 0.2) is 0 Å². The number of aliphatic hydroxyl groups is 1. The summed E-state index contributed by atoms with van der Waals surface area (Å²) < 4.78 is 10.6. The van der Waals surface area contributed by atoms with Crippen LogP contribution >= 0.6 is 0 Å². The monoisotopic (exact) mass is 268 g/mol. The first-order valence-corrected chi connectivity index (χ1v) is 6.93. The Morgan fingerprint density at radius 2 is 2.37 bits per heavy atom. The van der Waals surface area contributed by atoms with Gasteiger partial charge in [-0.05, 0) is 12.8 Å². The molecule has 1 heterocycles. The molecule has 19 heavy (non-hydrogen) atoms. The number of carbonyl (C=O) groups is 1. The van der Waals surface area contributed by atoms with Crippen LogP contribution in [0.2, 0.25) is 0 Å². The van der Waals surface area contributed by atoms with Crippen molar-refractivity contribution >= 4 is 5.97 Å². The molecule has 4 nitrogen and oxygen atoms in total. The van der Waals surface area contributed by atoms with Crippen molar-refractivity contribution in [2.75, 3.05) is 13.2 Å². The number of ether oxygens (including phenoxy) is 2. The summed E-state index contributed by atoms with van der Waals surface area (Å²) in [5, 5.41) is 10.0. The van der Waals surface area contributed by atoms with Crippen LogP contribution in [0, 0.1) is 5.92 Å². The van der Waals surface area contributed by atoms with E-state index < -0.39 is 6.10 Å². The van der Waals surface area contributed by atoms with Gasteiger partial charge in [-0.1, -0.05) is 38.2 Å². The zero-order valence-electron chi connectivity index (χ0n) is 11.6. The Bertz CT molecular complexity index is 311. The molecule has 3 unspecified atom stereocenters. The molecule has 108 valence electrons. The van der Waals surface area contributed by atoms with Crippen molar-refractivity contribution in [1.29, 1.82) is 0 Å². The lowest BCUT2D eigenvalue weighted by molar-refractivity contribution is -0.144. The van der Waals surface area contributed by atoms with E-state index in [4.69, 9.17) is 9.47 Å². The normalized spacial score (nSPS) is 26.7. The summed E-state index contributed by atoms with van der Waals surface area (Å²) in [6, 6.07) is 0. The minimum atomic E-state index is -0.556. The maximum Gasteiger partial charge on any atom is 0.305 e. The molecule has 1 saturated heterocycles. The largest absolute Gasteiger partial charge is 0.466 e. The molecule has 0 aliphatic carbocycles. The maximum absolute atomic E-state index is 11.5. The second-order valence-corrected chi connectivity index (χ2v) is 4.78. The molecule has 0 bridgehead atoms. The maximum atomic E-state index is 11.5. The number of carbonyl (C=O) groups excluding carboxylic acids is 1. The van der Waals surface area contributed by atoms with Crippen molar-refractivity contribution in [3.05, 3.63) is 24.8 Å². The second-order valence-electron chi connectivity index (χ2n) is 4.78. The van der Waals surface area contributed by atoms with Crippen LogP contribution in [0.1, 0.15) is 32.6 Å². The number of unbranched alkanes of at least 4 members (excludes halogenated alkanes) is 1. The van der Waals surface area contributed by atoms with Crippen molar-refractivity contribution in [1.82, 2.24) is 0 Å². The van der Waals surface area contributed by atoms with Gasteiger partial charge in [-0.15, -0.1) is 0 Å². The highest BCUT2D eigenvalue weighted by Crippen LogP contribution is 2.25. The first-order valence-electron chi connectivity index (χ1n) is 6.93. The number of esters is 1. The SMILES string of the molecule is C=CC=CC1OCC(CCC(=O)OCCCC)C1O. The predicted octanol–water partition coefficient (Wildman–Crippen LogP) is 2.23. The molecule has 0 saturated carbocycles. The number of hydrogen-bond acceptors (Lipinski definition) is 4. The van der Waals surface area contributed by atoms with Gasteiger partial charge in [0.1, 0.15) is 6.10 Å². The van der Waals surface area contributed by atoms with Crippen molar-refractivity contribution in [3.63, 3.8) is 0 Å². The van der Waals surface area contributed by atoms with Crippen molar-refractivity contribution < 1.29 is 19.4 Å². The van der Waals surface area contributed by atoms with Gasteiger partial charge in [0, 0.05) is 12.3 Å². The first kappa shape index (κ1) is 15.9. The molecule has 0 radical (unpaired) electrons. The minimum absolute atomic E-state index is 0.00168. The van der Waals surface area contributed by atoms with Crippen LogP contribution in [0.3, 0.4) is 0 Å². The average Bonchev–Trinajstić information content (AvgIpc) is 2.75. The molecule has 1 N–H and O–H groups in total. The van der Waals surface area contributed by atoms with E-state index in [1.807, 2.05) is 0 Å². The summed E-state index contributed by atoms with van der Waals surface area (Å²) >= 11 is 0. The third-order valence-electron chi connectivity index (χ3n) is 3.24. The van der Waals surface area contributed by atoms with Gasteiger partial charge in [-0.25, -0.2) is 0 Å². The number of aliphatic hydroxyl groups excluding tert-OH is 1. The minimum Gasteiger partial charge on any atom is -0.466 e. The van der Waals surface area contributed by atoms with Crippen LogP contribution in [0.15, 0.2) is 24.8 Å². The molecule has 0 aromatic carbocycles. The molecule has 0 spiro atoms. The Balaban J connectivity index is 2.25. The van der Waals surface area contributed by atoms with Crippen LogP contribution in [-0.4, -0.2) is 36.5 Å². The van der Waals surface area contributed by atoms with Gasteiger partial charge in [-0.3, -0.25) is 4.79 Å². The van der Waals surface area contributed by atoms with Crippen molar-refractivity contribution in [3.8, 4) is 0 Å². The van der Waals surface area contributed by atoms with E-state index in [9.17, 15) is 9.90 Å². The summed E-state index contributed by atoms with van der Waals surface area (Å²) in [5.74, 6) is -0.191. The Kier molecular flexibility index (Phi) is 7.45. The van der Waals surface area contributed by atoms with Gasteiger partial charge < -0.3 is 14.6 Å². The quantitative estimate of drug-likeness (QED) is 0.416. The third-order valence-corrected chi connectivity index (χ3v) is 3.24. The van der Waals surface area contributed by atoms with E-state index in [1.54, 1.807) is 18.2 Å². The lowest BCUT2D eigenvalue weighted by Gasteiger charge is -2.14. The van der Waals surface area contributed by atoms with Crippen LogP contribution in [0.5, 0.6) is 0 Å². The number of hydrogen-bond donors (Lipinski definition) is 1. The van der Waals surface area contributed by atoms with Gasteiger partial charge in [-0.2, -0.15) is 0 Å². The van der Waals surface area contributed by atoms with Crippen LogP contribution in [0.4, 0.5) is 0 Å². The van der Waals surface area contributed by atoms with Crippen molar-refractivity contribution in [2.24, 2.45) is 5.92 Å². The Morgan fingerprint density at radius 1 is 1.58 bits per heavy atom. The van der Waals surface area contributed by atoms with E-state index in [2.05, 4.69) is 13.5 Å². The average molecular weight is 268 g/mol. The van der Waals surface area contributed by atoms with Gasteiger partial charge in [0.2, 0.25) is 0 Å². The molecule has 0 aromatic heterocycles. The smallest absolute Gasteiger partial charge is 0.305 e.